The molecule has 1 rings (SSSR count). The van der Waals surface area contributed by atoms with Gasteiger partial charge in [-0.3, -0.25) is 0 Å². The van der Waals surface area contributed by atoms with Crippen LogP contribution in [0.1, 0.15) is 65.7 Å². The van der Waals surface area contributed by atoms with E-state index in [0.29, 0.717) is 0 Å². The Hall–Kier alpha value is -1.11. The maximum Gasteiger partial charge on any atom is 0.123 e. The summed E-state index contributed by atoms with van der Waals surface area (Å²) in [4.78, 5) is 10.8. The zero-order chi connectivity index (χ0) is 14.1. The number of rotatable bonds is 7. The van der Waals surface area contributed by atoms with Gasteiger partial charge in [0.2, 0.25) is 0 Å². The van der Waals surface area contributed by atoms with Crippen LogP contribution in [0.3, 0.4) is 0 Å². The smallest absolute Gasteiger partial charge is 0.123 e. The lowest BCUT2D eigenvalue weighted by molar-refractivity contribution is -0.111. The topological polar surface area (TPSA) is 17.1 Å². The summed E-state index contributed by atoms with van der Waals surface area (Å²) in [5.41, 5.74) is 4.37. The van der Waals surface area contributed by atoms with E-state index in [-0.39, 0.29) is 5.92 Å². The van der Waals surface area contributed by atoms with Gasteiger partial charge in [-0.15, -0.1) is 0 Å². The van der Waals surface area contributed by atoms with Crippen LogP contribution in [0.2, 0.25) is 0 Å². The molecule has 0 amide bonds. The molecule has 1 atom stereocenters. The molecule has 1 aliphatic rings. The Morgan fingerprint density at radius 3 is 2.74 bits per heavy atom. The second kappa shape index (κ2) is 8.90. The minimum absolute atomic E-state index is 0.280. The monoisotopic (exact) mass is 260 g/mol. The molecule has 0 aromatic heterocycles. The van der Waals surface area contributed by atoms with Gasteiger partial charge in [0.15, 0.2) is 0 Å². The molecule has 0 saturated heterocycles. The average Bonchev–Trinajstić information content (AvgIpc) is 2.38. The van der Waals surface area contributed by atoms with Crippen molar-refractivity contribution in [2.45, 2.75) is 65.7 Å². The SMILES string of the molecule is CC(C)=CCCC(C)=CCCC1=CCCC(C=O)C1. The summed E-state index contributed by atoms with van der Waals surface area (Å²) in [7, 11) is 0. The Morgan fingerprint density at radius 2 is 2.05 bits per heavy atom. The number of aldehydes is 1. The first-order valence-corrected chi connectivity index (χ1v) is 7.54. The fourth-order valence-corrected chi connectivity index (χ4v) is 2.54. The minimum Gasteiger partial charge on any atom is -0.303 e. The average molecular weight is 260 g/mol. The van der Waals surface area contributed by atoms with Crippen LogP contribution in [0, 0.1) is 5.92 Å². The van der Waals surface area contributed by atoms with Crippen molar-refractivity contribution in [3.63, 3.8) is 0 Å². The third-order valence-corrected chi connectivity index (χ3v) is 3.74. The van der Waals surface area contributed by atoms with Crippen LogP contribution < -0.4 is 0 Å². The predicted octanol–water partition coefficient (Wildman–Crippen LogP) is 5.38. The molecule has 1 heteroatoms. The molecule has 0 radical (unpaired) electrons. The Bertz CT molecular complexity index is 367. The molecule has 1 unspecified atom stereocenters. The van der Waals surface area contributed by atoms with Gasteiger partial charge >= 0.3 is 0 Å². The molecular weight excluding hydrogens is 232 g/mol. The van der Waals surface area contributed by atoms with Crippen LogP contribution in [0.4, 0.5) is 0 Å². The summed E-state index contributed by atoms with van der Waals surface area (Å²) in [6, 6.07) is 0. The molecule has 0 fully saturated rings. The van der Waals surface area contributed by atoms with E-state index >= 15 is 0 Å². The lowest BCUT2D eigenvalue weighted by Gasteiger charge is -2.17. The van der Waals surface area contributed by atoms with Crippen molar-refractivity contribution >= 4 is 6.29 Å². The van der Waals surface area contributed by atoms with E-state index in [0.717, 1.165) is 44.8 Å². The molecule has 1 aliphatic carbocycles. The second-order valence-electron chi connectivity index (χ2n) is 5.95. The number of allylic oxidation sites excluding steroid dienone is 6. The Morgan fingerprint density at radius 1 is 1.26 bits per heavy atom. The van der Waals surface area contributed by atoms with Gasteiger partial charge in [0.25, 0.3) is 0 Å². The quantitative estimate of drug-likeness (QED) is 0.443. The van der Waals surface area contributed by atoms with E-state index < -0.39 is 0 Å². The molecule has 19 heavy (non-hydrogen) atoms. The molecular formula is C18H28O. The minimum atomic E-state index is 0.280. The van der Waals surface area contributed by atoms with Gasteiger partial charge in [0, 0.05) is 5.92 Å². The molecule has 1 nitrogen and oxygen atoms in total. The van der Waals surface area contributed by atoms with E-state index in [2.05, 4.69) is 39.0 Å². The second-order valence-corrected chi connectivity index (χ2v) is 5.95. The highest BCUT2D eigenvalue weighted by Gasteiger charge is 2.13. The first-order valence-electron chi connectivity index (χ1n) is 7.54. The highest BCUT2D eigenvalue weighted by molar-refractivity contribution is 5.54. The van der Waals surface area contributed by atoms with Gasteiger partial charge in [-0.1, -0.05) is 34.9 Å². The molecule has 0 spiro atoms. The van der Waals surface area contributed by atoms with Crippen molar-refractivity contribution in [3.05, 3.63) is 34.9 Å². The summed E-state index contributed by atoms with van der Waals surface area (Å²) < 4.78 is 0. The van der Waals surface area contributed by atoms with Crippen LogP contribution in [-0.4, -0.2) is 6.29 Å². The van der Waals surface area contributed by atoms with Gasteiger partial charge in [-0.25, -0.2) is 0 Å². The predicted molar refractivity (Wildman–Crippen MR) is 83.1 cm³/mol. The number of hydrogen-bond donors (Lipinski definition) is 0. The molecule has 0 aromatic carbocycles. The summed E-state index contributed by atoms with van der Waals surface area (Å²) in [6.45, 7) is 6.53. The fraction of sp³-hybridized carbons (Fsp3) is 0.611. The first kappa shape index (κ1) is 15.9. The van der Waals surface area contributed by atoms with Crippen molar-refractivity contribution in [2.24, 2.45) is 5.92 Å². The third kappa shape index (κ3) is 7.15. The zero-order valence-corrected chi connectivity index (χ0v) is 12.7. The van der Waals surface area contributed by atoms with Crippen LogP contribution in [0.25, 0.3) is 0 Å². The van der Waals surface area contributed by atoms with Crippen LogP contribution in [0.5, 0.6) is 0 Å². The van der Waals surface area contributed by atoms with E-state index in [9.17, 15) is 4.79 Å². The van der Waals surface area contributed by atoms with Gasteiger partial charge in [0.05, 0.1) is 0 Å². The van der Waals surface area contributed by atoms with Crippen molar-refractivity contribution in [1.82, 2.24) is 0 Å². The van der Waals surface area contributed by atoms with E-state index in [1.165, 1.54) is 23.1 Å². The van der Waals surface area contributed by atoms with E-state index in [1.54, 1.807) is 0 Å². The molecule has 0 aliphatic heterocycles. The lowest BCUT2D eigenvalue weighted by atomic mass is 9.88. The van der Waals surface area contributed by atoms with Crippen molar-refractivity contribution < 1.29 is 4.79 Å². The summed E-state index contributed by atoms with van der Waals surface area (Å²) in [5, 5.41) is 0. The Balaban J connectivity index is 2.26. The Kier molecular flexibility index (Phi) is 7.47. The molecule has 0 N–H and O–H groups in total. The summed E-state index contributed by atoms with van der Waals surface area (Å²) in [5.74, 6) is 0.280. The molecule has 0 saturated carbocycles. The largest absolute Gasteiger partial charge is 0.303 e. The Labute approximate surface area is 118 Å². The normalized spacial score (nSPS) is 19.8. The van der Waals surface area contributed by atoms with Crippen molar-refractivity contribution in [2.75, 3.05) is 0 Å². The number of carbonyl (C=O) groups excluding carboxylic acids is 1. The molecule has 0 bridgehead atoms. The molecule has 0 aromatic rings. The van der Waals surface area contributed by atoms with Crippen LogP contribution in [-0.2, 0) is 4.79 Å². The number of hydrogen-bond acceptors (Lipinski definition) is 1. The zero-order valence-electron chi connectivity index (χ0n) is 12.7. The van der Waals surface area contributed by atoms with Crippen LogP contribution >= 0.6 is 0 Å². The molecule has 106 valence electrons. The fourth-order valence-electron chi connectivity index (χ4n) is 2.54. The standard InChI is InChI=1S/C18H28O/c1-15(2)7-4-8-16(3)9-5-10-17-11-6-12-18(13-17)14-19/h7,9,11,14,18H,4-6,8,10,12-13H2,1-3H3. The van der Waals surface area contributed by atoms with E-state index in [1.807, 2.05) is 0 Å². The van der Waals surface area contributed by atoms with Crippen molar-refractivity contribution in [1.29, 1.82) is 0 Å². The summed E-state index contributed by atoms with van der Waals surface area (Å²) >= 11 is 0. The first-order chi connectivity index (χ1) is 9.11. The van der Waals surface area contributed by atoms with Gasteiger partial charge in [-0.05, 0) is 65.7 Å². The van der Waals surface area contributed by atoms with Gasteiger partial charge in [0.1, 0.15) is 6.29 Å². The molecule has 0 heterocycles. The lowest BCUT2D eigenvalue weighted by Crippen LogP contribution is -2.07. The third-order valence-electron chi connectivity index (χ3n) is 3.74. The van der Waals surface area contributed by atoms with Gasteiger partial charge < -0.3 is 4.79 Å². The highest BCUT2D eigenvalue weighted by Crippen LogP contribution is 2.25. The summed E-state index contributed by atoms with van der Waals surface area (Å²) in [6.07, 6.45) is 15.8. The highest BCUT2D eigenvalue weighted by atomic mass is 16.1. The van der Waals surface area contributed by atoms with Crippen LogP contribution in [0.15, 0.2) is 34.9 Å². The maximum atomic E-state index is 10.8. The van der Waals surface area contributed by atoms with Gasteiger partial charge in [-0.2, -0.15) is 0 Å². The number of carbonyl (C=O) groups is 1. The maximum absolute atomic E-state index is 10.8. The van der Waals surface area contributed by atoms with E-state index in [4.69, 9.17) is 0 Å². The van der Waals surface area contributed by atoms with Crippen molar-refractivity contribution in [3.8, 4) is 0 Å².